The SMILES string of the molecule is Cc1nc2c3ccccc3c3c(C)ccc4c3n2c1SC4. The predicted octanol–water partition coefficient (Wildman–Crippen LogP) is 4.86. The van der Waals surface area contributed by atoms with Crippen molar-refractivity contribution in [3.05, 3.63) is 53.2 Å². The van der Waals surface area contributed by atoms with E-state index in [-0.39, 0.29) is 0 Å². The van der Waals surface area contributed by atoms with Crippen molar-refractivity contribution in [2.45, 2.75) is 24.6 Å². The van der Waals surface area contributed by atoms with Crippen LogP contribution < -0.4 is 0 Å². The molecule has 2 nitrogen and oxygen atoms in total. The molecule has 0 unspecified atom stereocenters. The fraction of sp³-hybridized carbons (Fsp3) is 0.167. The molecule has 0 saturated heterocycles. The van der Waals surface area contributed by atoms with Gasteiger partial charge in [-0.25, -0.2) is 4.98 Å². The lowest BCUT2D eigenvalue weighted by molar-refractivity contribution is 1.04. The van der Waals surface area contributed by atoms with Crippen molar-refractivity contribution in [3.8, 4) is 0 Å². The van der Waals surface area contributed by atoms with Crippen LogP contribution in [0.2, 0.25) is 0 Å². The third kappa shape index (κ3) is 1.32. The molecule has 0 amide bonds. The Balaban J connectivity index is 2.27. The van der Waals surface area contributed by atoms with Gasteiger partial charge in [-0.1, -0.05) is 36.4 Å². The second-order valence-electron chi connectivity index (χ2n) is 5.76. The standard InChI is InChI=1S/C18H14N2S/c1-10-7-8-12-9-21-18-11(2)19-17-14-6-4-3-5-13(14)15(10)16(12)20(17)18/h3-8H,9H2,1-2H3. The molecule has 1 aliphatic heterocycles. The summed E-state index contributed by atoms with van der Waals surface area (Å²) in [6.45, 7) is 4.33. The summed E-state index contributed by atoms with van der Waals surface area (Å²) in [6, 6.07) is 13.2. The second-order valence-corrected chi connectivity index (χ2v) is 6.72. The van der Waals surface area contributed by atoms with E-state index < -0.39 is 0 Å². The highest BCUT2D eigenvalue weighted by Crippen LogP contribution is 2.41. The van der Waals surface area contributed by atoms with E-state index in [1.807, 2.05) is 11.8 Å². The molecule has 0 aliphatic carbocycles. The van der Waals surface area contributed by atoms with Gasteiger partial charge < -0.3 is 0 Å². The Kier molecular flexibility index (Phi) is 2.11. The molecule has 0 spiro atoms. The van der Waals surface area contributed by atoms with Gasteiger partial charge in [-0.05, 0) is 30.4 Å². The van der Waals surface area contributed by atoms with Gasteiger partial charge in [0, 0.05) is 16.5 Å². The zero-order valence-electron chi connectivity index (χ0n) is 12.0. The number of pyridine rings is 1. The first-order valence-corrected chi connectivity index (χ1v) is 8.19. The highest BCUT2D eigenvalue weighted by Gasteiger charge is 2.22. The predicted molar refractivity (Wildman–Crippen MR) is 89.2 cm³/mol. The van der Waals surface area contributed by atoms with Crippen molar-refractivity contribution < 1.29 is 0 Å². The molecule has 0 radical (unpaired) electrons. The van der Waals surface area contributed by atoms with E-state index in [0.29, 0.717) is 0 Å². The highest BCUT2D eigenvalue weighted by atomic mass is 32.2. The normalized spacial score (nSPS) is 13.8. The van der Waals surface area contributed by atoms with Crippen LogP contribution >= 0.6 is 11.8 Å². The van der Waals surface area contributed by atoms with E-state index in [1.165, 1.54) is 37.8 Å². The van der Waals surface area contributed by atoms with Crippen LogP contribution in [0.5, 0.6) is 0 Å². The lowest BCUT2D eigenvalue weighted by Crippen LogP contribution is -2.02. The molecule has 4 aromatic rings. The fourth-order valence-corrected chi connectivity index (χ4v) is 4.65. The van der Waals surface area contributed by atoms with Crippen LogP contribution in [0, 0.1) is 13.8 Å². The largest absolute Gasteiger partial charge is 0.286 e. The third-order valence-corrected chi connectivity index (χ3v) is 5.70. The summed E-state index contributed by atoms with van der Waals surface area (Å²) >= 11 is 1.90. The number of hydrogen-bond donors (Lipinski definition) is 0. The minimum Gasteiger partial charge on any atom is -0.286 e. The number of aromatic nitrogens is 2. The number of nitrogens with zero attached hydrogens (tertiary/aromatic N) is 2. The van der Waals surface area contributed by atoms with Crippen LogP contribution in [-0.2, 0) is 5.75 Å². The Bertz CT molecular complexity index is 1060. The monoisotopic (exact) mass is 290 g/mol. The van der Waals surface area contributed by atoms with Gasteiger partial charge in [0.1, 0.15) is 10.7 Å². The molecule has 0 fully saturated rings. The Labute approximate surface area is 126 Å². The minimum absolute atomic E-state index is 1.04. The number of aryl methyl sites for hydroxylation is 2. The molecule has 3 heteroatoms. The molecule has 2 aromatic heterocycles. The van der Waals surface area contributed by atoms with Gasteiger partial charge in [0.2, 0.25) is 0 Å². The van der Waals surface area contributed by atoms with E-state index in [4.69, 9.17) is 4.98 Å². The summed E-state index contributed by atoms with van der Waals surface area (Å²) in [6.07, 6.45) is 0. The van der Waals surface area contributed by atoms with Crippen molar-refractivity contribution in [1.82, 2.24) is 9.38 Å². The van der Waals surface area contributed by atoms with Crippen LogP contribution in [0.3, 0.4) is 0 Å². The molecule has 21 heavy (non-hydrogen) atoms. The van der Waals surface area contributed by atoms with Crippen LogP contribution in [0.1, 0.15) is 16.8 Å². The van der Waals surface area contributed by atoms with Crippen LogP contribution in [0.4, 0.5) is 0 Å². The number of benzene rings is 2. The summed E-state index contributed by atoms with van der Waals surface area (Å²) in [5.74, 6) is 1.04. The minimum atomic E-state index is 1.04. The average Bonchev–Trinajstić information content (AvgIpc) is 2.85. The van der Waals surface area contributed by atoms with Gasteiger partial charge in [0.05, 0.1) is 11.2 Å². The molecular formula is C18H14N2S. The maximum Gasteiger partial charge on any atom is 0.146 e. The topological polar surface area (TPSA) is 17.3 Å². The summed E-state index contributed by atoms with van der Waals surface area (Å²) < 4.78 is 2.38. The van der Waals surface area contributed by atoms with Crippen molar-refractivity contribution in [1.29, 1.82) is 0 Å². The summed E-state index contributed by atoms with van der Waals surface area (Å²) in [4.78, 5) is 4.87. The first kappa shape index (κ1) is 11.6. The summed E-state index contributed by atoms with van der Waals surface area (Å²) in [7, 11) is 0. The Morgan fingerprint density at radius 2 is 1.86 bits per heavy atom. The van der Waals surface area contributed by atoms with Gasteiger partial charge in [0.25, 0.3) is 0 Å². The van der Waals surface area contributed by atoms with Crippen LogP contribution in [-0.4, -0.2) is 9.38 Å². The lowest BCUT2D eigenvalue weighted by atomic mass is 9.99. The number of thioether (sulfide) groups is 1. The molecule has 3 heterocycles. The Hall–Kier alpha value is -2.00. The second kappa shape index (κ2) is 3.80. The summed E-state index contributed by atoms with van der Waals surface area (Å²) in [5, 5.41) is 5.26. The van der Waals surface area contributed by atoms with E-state index in [2.05, 4.69) is 54.6 Å². The van der Waals surface area contributed by atoms with E-state index in [1.54, 1.807) is 0 Å². The smallest absolute Gasteiger partial charge is 0.146 e. The Morgan fingerprint density at radius 1 is 1.05 bits per heavy atom. The first-order valence-electron chi connectivity index (χ1n) is 7.20. The van der Waals surface area contributed by atoms with Crippen molar-refractivity contribution in [2.24, 2.45) is 0 Å². The van der Waals surface area contributed by atoms with Gasteiger partial charge in [-0.2, -0.15) is 0 Å². The van der Waals surface area contributed by atoms with E-state index in [9.17, 15) is 0 Å². The molecule has 1 aliphatic rings. The molecule has 0 bridgehead atoms. The first-order chi connectivity index (χ1) is 10.3. The van der Waals surface area contributed by atoms with Crippen molar-refractivity contribution >= 4 is 39.1 Å². The number of hydrogen-bond acceptors (Lipinski definition) is 2. The molecule has 2 aromatic carbocycles. The van der Waals surface area contributed by atoms with Crippen molar-refractivity contribution in [2.75, 3.05) is 0 Å². The Morgan fingerprint density at radius 3 is 2.71 bits per heavy atom. The quantitative estimate of drug-likeness (QED) is 0.430. The maximum atomic E-state index is 4.87. The molecule has 102 valence electrons. The zero-order chi connectivity index (χ0) is 14.1. The van der Waals surface area contributed by atoms with Gasteiger partial charge in [-0.3, -0.25) is 4.40 Å². The van der Waals surface area contributed by atoms with E-state index >= 15 is 0 Å². The van der Waals surface area contributed by atoms with Gasteiger partial charge >= 0.3 is 0 Å². The molecule has 0 saturated carbocycles. The van der Waals surface area contributed by atoms with Gasteiger partial charge in [0.15, 0.2) is 0 Å². The molecular weight excluding hydrogens is 276 g/mol. The fourth-order valence-electron chi connectivity index (χ4n) is 3.56. The van der Waals surface area contributed by atoms with Crippen LogP contribution in [0.25, 0.3) is 27.3 Å². The number of imidazole rings is 1. The third-order valence-electron chi connectivity index (χ3n) is 4.49. The molecule has 5 rings (SSSR count). The number of fused-ring (bicyclic) bond motifs is 3. The molecule has 0 atom stereocenters. The zero-order valence-corrected chi connectivity index (χ0v) is 12.8. The van der Waals surface area contributed by atoms with Crippen molar-refractivity contribution in [3.63, 3.8) is 0 Å². The molecule has 0 N–H and O–H groups in total. The van der Waals surface area contributed by atoms with Gasteiger partial charge in [-0.15, -0.1) is 11.8 Å². The lowest BCUT2D eigenvalue weighted by Gasteiger charge is -2.19. The van der Waals surface area contributed by atoms with E-state index in [0.717, 1.165) is 17.1 Å². The maximum absolute atomic E-state index is 4.87. The number of rotatable bonds is 0. The van der Waals surface area contributed by atoms with Crippen LogP contribution in [0.15, 0.2) is 41.4 Å². The summed E-state index contributed by atoms with van der Waals surface area (Å²) in [5.41, 5.74) is 6.37. The highest BCUT2D eigenvalue weighted by molar-refractivity contribution is 7.98. The average molecular weight is 290 g/mol.